The molecule has 1 N–H and O–H groups in total. The Balaban J connectivity index is 2.39. The minimum atomic E-state index is -0.0453. The molecule has 0 saturated carbocycles. The van der Waals surface area contributed by atoms with Crippen LogP contribution in [0.25, 0.3) is 0 Å². The molecule has 0 aliphatic heterocycles. The van der Waals surface area contributed by atoms with Gasteiger partial charge in [0.25, 0.3) is 5.56 Å². The van der Waals surface area contributed by atoms with Crippen molar-refractivity contribution in [2.45, 2.75) is 24.8 Å². The highest BCUT2D eigenvalue weighted by atomic mass is 32.2. The van der Waals surface area contributed by atoms with Crippen molar-refractivity contribution >= 4 is 23.5 Å². The molecule has 1 aromatic heterocycles. The van der Waals surface area contributed by atoms with Crippen LogP contribution in [0.1, 0.15) is 19.8 Å². The van der Waals surface area contributed by atoms with Gasteiger partial charge in [0.1, 0.15) is 0 Å². The third-order valence-electron chi connectivity index (χ3n) is 1.20. The van der Waals surface area contributed by atoms with Gasteiger partial charge in [-0.25, -0.2) is 0 Å². The van der Waals surface area contributed by atoms with Crippen LogP contribution in [-0.4, -0.2) is 14.5 Å². The quantitative estimate of drug-likeness (QED) is 0.581. The van der Waals surface area contributed by atoms with E-state index in [2.05, 4.69) is 15.7 Å². The van der Waals surface area contributed by atoms with Crippen molar-refractivity contribution in [3.63, 3.8) is 0 Å². The highest BCUT2D eigenvalue weighted by Gasteiger charge is 2.01. The number of aromatic amines is 1. The van der Waals surface area contributed by atoms with E-state index in [-0.39, 0.29) is 5.56 Å². The first kappa shape index (κ1) is 8.80. The lowest BCUT2D eigenvalue weighted by molar-refractivity contribution is 0.895. The first-order chi connectivity index (χ1) is 5.34. The van der Waals surface area contributed by atoms with Gasteiger partial charge < -0.3 is 0 Å². The van der Waals surface area contributed by atoms with E-state index in [1.165, 1.54) is 11.8 Å². The summed E-state index contributed by atoms with van der Waals surface area (Å²) in [5.41, 5.74) is -0.0453. The minimum Gasteiger partial charge on any atom is -0.266 e. The topological polar surface area (TPSA) is 45.8 Å². The molecule has 1 aromatic rings. The van der Waals surface area contributed by atoms with Crippen molar-refractivity contribution in [2.24, 2.45) is 0 Å². The van der Waals surface area contributed by atoms with E-state index in [1.807, 2.05) is 0 Å². The fourth-order valence-corrected chi connectivity index (χ4v) is 2.18. The first-order valence-corrected chi connectivity index (χ1v) is 5.27. The SMILES string of the molecule is CCCCSc1ns[nH]c1=O. The van der Waals surface area contributed by atoms with E-state index in [1.54, 1.807) is 0 Å². The van der Waals surface area contributed by atoms with Gasteiger partial charge in [-0.3, -0.25) is 9.17 Å². The van der Waals surface area contributed by atoms with Gasteiger partial charge in [0.05, 0.1) is 0 Å². The highest BCUT2D eigenvalue weighted by molar-refractivity contribution is 7.99. The predicted octanol–water partition coefficient (Wildman–Crippen LogP) is 1.72. The molecule has 0 spiro atoms. The van der Waals surface area contributed by atoms with Crippen molar-refractivity contribution in [3.8, 4) is 0 Å². The van der Waals surface area contributed by atoms with Crippen LogP contribution in [-0.2, 0) is 0 Å². The second kappa shape index (κ2) is 4.56. The number of hydrogen-bond donors (Lipinski definition) is 1. The molecule has 0 aliphatic carbocycles. The number of hydrogen-bond acceptors (Lipinski definition) is 4. The van der Waals surface area contributed by atoms with Gasteiger partial charge in [0.15, 0.2) is 5.03 Å². The molecule has 0 atom stereocenters. The van der Waals surface area contributed by atoms with E-state index in [4.69, 9.17) is 0 Å². The zero-order chi connectivity index (χ0) is 8.10. The Morgan fingerprint density at radius 2 is 2.55 bits per heavy atom. The molecule has 0 saturated heterocycles. The van der Waals surface area contributed by atoms with Crippen molar-refractivity contribution < 1.29 is 0 Å². The first-order valence-electron chi connectivity index (χ1n) is 3.51. The van der Waals surface area contributed by atoms with Crippen LogP contribution >= 0.6 is 23.5 Å². The van der Waals surface area contributed by atoms with Gasteiger partial charge in [0, 0.05) is 11.7 Å². The summed E-state index contributed by atoms with van der Waals surface area (Å²) in [5, 5.41) is 0.614. The molecular formula is C6H10N2OS2. The van der Waals surface area contributed by atoms with Gasteiger partial charge in [-0.2, -0.15) is 4.37 Å². The van der Waals surface area contributed by atoms with Crippen LogP contribution in [0.5, 0.6) is 0 Å². The highest BCUT2D eigenvalue weighted by Crippen LogP contribution is 2.12. The van der Waals surface area contributed by atoms with Crippen molar-refractivity contribution in [3.05, 3.63) is 10.4 Å². The van der Waals surface area contributed by atoms with Crippen molar-refractivity contribution in [2.75, 3.05) is 5.75 Å². The maximum absolute atomic E-state index is 10.9. The molecule has 0 aliphatic rings. The second-order valence-electron chi connectivity index (χ2n) is 2.12. The van der Waals surface area contributed by atoms with Crippen LogP contribution in [0.4, 0.5) is 0 Å². The molecule has 0 amide bonds. The Hall–Kier alpha value is -0.290. The third-order valence-corrected chi connectivity index (χ3v) is 2.91. The van der Waals surface area contributed by atoms with Crippen LogP contribution in [0, 0.1) is 0 Å². The summed E-state index contributed by atoms with van der Waals surface area (Å²) in [7, 11) is 0. The smallest absolute Gasteiger partial charge is 0.266 e. The largest absolute Gasteiger partial charge is 0.291 e. The lowest BCUT2D eigenvalue weighted by atomic mass is 10.4. The molecule has 0 unspecified atom stereocenters. The molecule has 5 heteroatoms. The van der Waals surface area contributed by atoms with Gasteiger partial charge >= 0.3 is 0 Å². The minimum absolute atomic E-state index is 0.0453. The molecule has 0 fully saturated rings. The van der Waals surface area contributed by atoms with Crippen LogP contribution in [0.15, 0.2) is 9.82 Å². The fourth-order valence-electron chi connectivity index (χ4n) is 0.596. The third kappa shape index (κ3) is 2.67. The molecule has 62 valence electrons. The normalized spacial score (nSPS) is 10.3. The van der Waals surface area contributed by atoms with Gasteiger partial charge in [0.2, 0.25) is 0 Å². The molecular weight excluding hydrogens is 180 g/mol. The van der Waals surface area contributed by atoms with E-state index >= 15 is 0 Å². The van der Waals surface area contributed by atoms with E-state index in [0.29, 0.717) is 5.03 Å². The maximum Gasteiger partial charge on any atom is 0.291 e. The summed E-state index contributed by atoms with van der Waals surface area (Å²) in [6.07, 6.45) is 2.30. The number of nitrogens with one attached hydrogen (secondary N) is 1. The standard InChI is InChI=1S/C6H10N2OS2/c1-2-3-4-10-6-5(9)7-11-8-6/h2-4H2,1H3,(H,7,9). The van der Waals surface area contributed by atoms with Crippen molar-refractivity contribution in [1.29, 1.82) is 0 Å². The monoisotopic (exact) mass is 190 g/mol. The number of aromatic nitrogens is 2. The van der Waals surface area contributed by atoms with Gasteiger partial charge in [-0.1, -0.05) is 25.1 Å². The molecule has 1 heterocycles. The summed E-state index contributed by atoms with van der Waals surface area (Å²) in [6.45, 7) is 2.13. The van der Waals surface area contributed by atoms with Crippen LogP contribution < -0.4 is 5.56 Å². The molecule has 1 rings (SSSR count). The Bertz CT molecular complexity index is 255. The number of unbranched alkanes of at least 4 members (excludes halogenated alkanes) is 1. The molecule has 0 radical (unpaired) electrons. The Kier molecular flexibility index (Phi) is 3.65. The summed E-state index contributed by atoms with van der Waals surface area (Å²) >= 11 is 2.65. The average molecular weight is 190 g/mol. The predicted molar refractivity (Wildman–Crippen MR) is 48.4 cm³/mol. The summed E-state index contributed by atoms with van der Waals surface area (Å²) in [4.78, 5) is 10.9. The zero-order valence-corrected chi connectivity index (χ0v) is 7.93. The number of H-pyrrole nitrogens is 1. The Morgan fingerprint density at radius 3 is 3.09 bits per heavy atom. The average Bonchev–Trinajstić information content (AvgIpc) is 2.37. The summed E-state index contributed by atoms with van der Waals surface area (Å²) in [5.74, 6) is 0.989. The Labute approximate surface area is 73.5 Å². The summed E-state index contributed by atoms with van der Waals surface area (Å²) < 4.78 is 6.47. The molecule has 0 bridgehead atoms. The zero-order valence-electron chi connectivity index (χ0n) is 6.29. The molecule has 11 heavy (non-hydrogen) atoms. The van der Waals surface area contributed by atoms with Crippen LogP contribution in [0.2, 0.25) is 0 Å². The van der Waals surface area contributed by atoms with Crippen LogP contribution in [0.3, 0.4) is 0 Å². The van der Waals surface area contributed by atoms with E-state index in [0.717, 1.165) is 30.3 Å². The van der Waals surface area contributed by atoms with E-state index < -0.39 is 0 Å². The van der Waals surface area contributed by atoms with Crippen molar-refractivity contribution in [1.82, 2.24) is 8.75 Å². The number of thioether (sulfide) groups is 1. The summed E-state index contributed by atoms with van der Waals surface area (Å²) in [6, 6.07) is 0. The Morgan fingerprint density at radius 1 is 1.73 bits per heavy atom. The molecule has 0 aromatic carbocycles. The molecule has 3 nitrogen and oxygen atoms in total. The van der Waals surface area contributed by atoms with Gasteiger partial charge in [-0.15, -0.1) is 0 Å². The number of nitrogens with zero attached hydrogens (tertiary/aromatic N) is 1. The number of rotatable bonds is 4. The fraction of sp³-hybridized carbons (Fsp3) is 0.667. The lowest BCUT2D eigenvalue weighted by Crippen LogP contribution is -2.00. The van der Waals surface area contributed by atoms with Gasteiger partial charge in [-0.05, 0) is 12.2 Å². The van der Waals surface area contributed by atoms with E-state index in [9.17, 15) is 4.79 Å². The second-order valence-corrected chi connectivity index (χ2v) is 3.77. The maximum atomic E-state index is 10.9. The lowest BCUT2D eigenvalue weighted by Gasteiger charge is -1.91.